The van der Waals surface area contributed by atoms with Gasteiger partial charge in [0.15, 0.2) is 0 Å². The van der Waals surface area contributed by atoms with Crippen LogP contribution in [0.5, 0.6) is 0 Å². The molecule has 0 aliphatic heterocycles. The summed E-state index contributed by atoms with van der Waals surface area (Å²) in [4.78, 5) is 25.7. The first-order valence-corrected chi connectivity index (χ1v) is 8.01. The van der Waals surface area contributed by atoms with Gasteiger partial charge in [-0.1, -0.05) is 12.1 Å². The van der Waals surface area contributed by atoms with Gasteiger partial charge in [0.2, 0.25) is 0 Å². The number of aromatic nitrogens is 1. The quantitative estimate of drug-likeness (QED) is 0.426. The Morgan fingerprint density at radius 3 is 2.82 bits per heavy atom. The molecule has 0 aliphatic rings. The molecular formula is C14H16N3O4P. The molecule has 0 unspecified atom stereocenters. The molecule has 0 spiro atoms. The molecule has 1 heterocycles. The highest BCUT2D eigenvalue weighted by Gasteiger charge is 2.12. The van der Waals surface area contributed by atoms with E-state index in [-0.39, 0.29) is 6.61 Å². The van der Waals surface area contributed by atoms with Crippen molar-refractivity contribution in [1.82, 2.24) is 4.98 Å². The molecule has 4 N–H and O–H groups in total. The predicted molar refractivity (Wildman–Crippen MR) is 84.0 cm³/mol. The van der Waals surface area contributed by atoms with Crippen LogP contribution in [0.1, 0.15) is 11.3 Å². The third-order valence-corrected chi connectivity index (χ3v) is 3.29. The summed E-state index contributed by atoms with van der Waals surface area (Å²) < 4.78 is 15.0. The van der Waals surface area contributed by atoms with Crippen LogP contribution in [0.3, 0.4) is 0 Å². The summed E-state index contributed by atoms with van der Waals surface area (Å²) in [6.45, 7) is -0.0729. The molecule has 22 heavy (non-hydrogen) atoms. The highest BCUT2D eigenvalue weighted by atomic mass is 31.2. The average Bonchev–Trinajstić information content (AvgIpc) is 2.45. The molecule has 0 bridgehead atoms. The van der Waals surface area contributed by atoms with Crippen LogP contribution in [-0.4, -0.2) is 27.6 Å². The Kier molecular flexibility index (Phi) is 5.41. The summed E-state index contributed by atoms with van der Waals surface area (Å²) in [6.07, 6.45) is 3.55. The first kappa shape index (κ1) is 16.3. The van der Waals surface area contributed by atoms with Gasteiger partial charge in [0.1, 0.15) is 0 Å². The number of para-hydroxylation sites is 2. The van der Waals surface area contributed by atoms with E-state index in [1.165, 1.54) is 0 Å². The van der Waals surface area contributed by atoms with Gasteiger partial charge in [0.25, 0.3) is 0 Å². The summed E-state index contributed by atoms with van der Waals surface area (Å²) in [5.41, 5.74) is 8.48. The first-order chi connectivity index (χ1) is 10.4. The van der Waals surface area contributed by atoms with Crippen molar-refractivity contribution in [3.63, 3.8) is 0 Å². The Morgan fingerprint density at radius 1 is 1.32 bits per heavy atom. The van der Waals surface area contributed by atoms with Crippen LogP contribution in [0, 0.1) is 0 Å². The second-order valence-corrected chi connectivity index (χ2v) is 5.72. The maximum Gasteiger partial charge on any atom is 0.469 e. The zero-order valence-corrected chi connectivity index (χ0v) is 12.6. The van der Waals surface area contributed by atoms with Crippen molar-refractivity contribution in [2.45, 2.75) is 6.42 Å². The fourth-order valence-corrected chi connectivity index (χ4v) is 2.07. The Morgan fingerprint density at radius 2 is 2.09 bits per heavy atom. The lowest BCUT2D eigenvalue weighted by Gasteiger charge is -2.05. The molecule has 7 nitrogen and oxygen atoms in total. The van der Waals surface area contributed by atoms with Crippen LogP contribution in [0.4, 0.5) is 11.4 Å². The van der Waals surface area contributed by atoms with Crippen molar-refractivity contribution in [3.05, 3.63) is 53.9 Å². The maximum absolute atomic E-state index is 10.6. The smallest absolute Gasteiger partial charge is 0.397 e. The predicted octanol–water partition coefficient (Wildman–Crippen LogP) is 2.07. The number of nitrogens with zero attached hydrogens (tertiary/aromatic N) is 2. The van der Waals surface area contributed by atoms with Crippen molar-refractivity contribution < 1.29 is 18.9 Å². The third kappa shape index (κ3) is 5.38. The number of anilines is 1. The minimum Gasteiger partial charge on any atom is -0.397 e. The van der Waals surface area contributed by atoms with Gasteiger partial charge in [-0.3, -0.25) is 14.5 Å². The summed E-state index contributed by atoms with van der Waals surface area (Å²) in [7, 11) is -4.43. The molecule has 1 aromatic heterocycles. The van der Waals surface area contributed by atoms with Gasteiger partial charge >= 0.3 is 7.82 Å². The lowest BCUT2D eigenvalue weighted by molar-refractivity contribution is 0.199. The van der Waals surface area contributed by atoms with Gasteiger partial charge in [0, 0.05) is 6.20 Å². The van der Waals surface area contributed by atoms with E-state index in [0.29, 0.717) is 23.5 Å². The standard InChI is InChI=1S/C14H16N3O4P/c15-13-3-1-2-4-14(13)17-10-12-9-11(5-7-16-12)6-8-21-22(18,19)20/h1-5,7,9-10H,6,8,15H2,(H2,18,19,20). The van der Waals surface area contributed by atoms with Crippen LogP contribution in [0.15, 0.2) is 47.6 Å². The largest absolute Gasteiger partial charge is 0.469 e. The van der Waals surface area contributed by atoms with Gasteiger partial charge in [-0.2, -0.15) is 0 Å². The highest BCUT2D eigenvalue weighted by molar-refractivity contribution is 7.46. The minimum atomic E-state index is -4.43. The van der Waals surface area contributed by atoms with Crippen LogP contribution in [0.25, 0.3) is 0 Å². The van der Waals surface area contributed by atoms with E-state index < -0.39 is 7.82 Å². The van der Waals surface area contributed by atoms with E-state index in [1.54, 1.807) is 36.7 Å². The van der Waals surface area contributed by atoms with Crippen molar-refractivity contribution in [2.24, 2.45) is 4.99 Å². The first-order valence-electron chi connectivity index (χ1n) is 6.48. The van der Waals surface area contributed by atoms with Crippen molar-refractivity contribution in [2.75, 3.05) is 12.3 Å². The molecule has 0 saturated carbocycles. The summed E-state index contributed by atoms with van der Waals surface area (Å²) >= 11 is 0. The second-order valence-electron chi connectivity index (χ2n) is 4.48. The average molecular weight is 321 g/mol. The van der Waals surface area contributed by atoms with Crippen molar-refractivity contribution >= 4 is 25.4 Å². The normalized spacial score (nSPS) is 11.9. The summed E-state index contributed by atoms with van der Waals surface area (Å²) in [5.74, 6) is 0. The van der Waals surface area contributed by atoms with E-state index in [4.69, 9.17) is 15.5 Å². The number of hydrogen-bond donors (Lipinski definition) is 3. The number of nitrogens with two attached hydrogens (primary N) is 1. The summed E-state index contributed by atoms with van der Waals surface area (Å²) in [6, 6.07) is 10.7. The monoisotopic (exact) mass is 321 g/mol. The number of pyridine rings is 1. The van der Waals surface area contributed by atoms with Crippen molar-refractivity contribution in [3.8, 4) is 0 Å². The van der Waals surface area contributed by atoms with E-state index in [0.717, 1.165) is 5.56 Å². The number of phosphoric acid groups is 1. The SMILES string of the molecule is Nc1ccccc1N=Cc1cc(CCOP(=O)(O)O)ccn1. The van der Waals surface area contributed by atoms with E-state index in [9.17, 15) is 4.57 Å². The minimum absolute atomic E-state index is 0.0729. The molecule has 0 radical (unpaired) electrons. The number of rotatable bonds is 6. The lowest BCUT2D eigenvalue weighted by atomic mass is 10.2. The molecule has 116 valence electrons. The number of nitrogen functional groups attached to an aromatic ring is 1. The molecule has 0 fully saturated rings. The molecule has 0 amide bonds. The van der Waals surface area contributed by atoms with Gasteiger partial charge in [-0.05, 0) is 36.2 Å². The highest BCUT2D eigenvalue weighted by Crippen LogP contribution is 2.35. The third-order valence-electron chi connectivity index (χ3n) is 2.77. The zero-order valence-electron chi connectivity index (χ0n) is 11.7. The maximum atomic E-state index is 10.6. The molecule has 0 atom stereocenters. The van der Waals surface area contributed by atoms with Gasteiger partial charge in [-0.15, -0.1) is 0 Å². The molecule has 1 aromatic carbocycles. The van der Waals surface area contributed by atoms with Crippen LogP contribution in [0.2, 0.25) is 0 Å². The molecule has 0 aliphatic carbocycles. The molecule has 8 heteroatoms. The van der Waals surface area contributed by atoms with E-state index >= 15 is 0 Å². The topological polar surface area (TPSA) is 118 Å². The number of benzene rings is 1. The van der Waals surface area contributed by atoms with Gasteiger partial charge in [-0.25, -0.2) is 4.57 Å². The molecule has 2 aromatic rings. The second kappa shape index (κ2) is 7.29. The Hall–Kier alpha value is -2.05. The van der Waals surface area contributed by atoms with Crippen LogP contribution >= 0.6 is 7.82 Å². The van der Waals surface area contributed by atoms with Gasteiger partial charge in [0.05, 0.1) is 29.9 Å². The van der Waals surface area contributed by atoms with Crippen LogP contribution < -0.4 is 5.73 Å². The van der Waals surface area contributed by atoms with Gasteiger partial charge < -0.3 is 15.5 Å². The molecular weight excluding hydrogens is 305 g/mol. The lowest BCUT2D eigenvalue weighted by Crippen LogP contribution is -1.98. The Bertz CT molecular complexity index is 715. The Labute approximate surface area is 127 Å². The van der Waals surface area contributed by atoms with Crippen LogP contribution in [-0.2, 0) is 15.5 Å². The number of phosphoric ester groups is 1. The number of aliphatic imine (C=N–C) groups is 1. The Balaban J connectivity index is 2.02. The van der Waals surface area contributed by atoms with Crippen molar-refractivity contribution in [1.29, 1.82) is 0 Å². The molecule has 0 saturated heterocycles. The fourth-order valence-electron chi connectivity index (χ4n) is 1.74. The zero-order chi connectivity index (χ0) is 16.0. The van der Waals surface area contributed by atoms with E-state index in [2.05, 4.69) is 14.5 Å². The summed E-state index contributed by atoms with van der Waals surface area (Å²) in [5, 5.41) is 0. The van der Waals surface area contributed by atoms with E-state index in [1.807, 2.05) is 12.1 Å². The molecule has 2 rings (SSSR count). The number of hydrogen-bond acceptors (Lipinski definition) is 5. The fraction of sp³-hybridized carbons (Fsp3) is 0.143.